The molecule has 0 unspecified atom stereocenters. The van der Waals surface area contributed by atoms with Crippen LogP contribution in [0.1, 0.15) is 0 Å². The molecule has 1 N–H and O–H groups in total. The van der Waals surface area contributed by atoms with Crippen LogP contribution in [0.5, 0.6) is 0 Å². The fourth-order valence-electron chi connectivity index (χ4n) is 3.42. The number of hydrogen-bond donors (Lipinski definition) is 1. The van der Waals surface area contributed by atoms with Gasteiger partial charge in [0.25, 0.3) is 0 Å². The van der Waals surface area contributed by atoms with E-state index in [2.05, 4.69) is 15.2 Å². The molecule has 8 heteroatoms. The van der Waals surface area contributed by atoms with Gasteiger partial charge in [-0.25, -0.2) is 4.79 Å². The van der Waals surface area contributed by atoms with Crippen LogP contribution in [-0.4, -0.2) is 47.0 Å². The number of piperazine rings is 1. The van der Waals surface area contributed by atoms with Gasteiger partial charge in [-0.05, 0) is 39.2 Å². The summed E-state index contributed by atoms with van der Waals surface area (Å²) in [6, 6.07) is 20.8. The van der Waals surface area contributed by atoms with E-state index in [-0.39, 0.29) is 11.8 Å². The number of pyridine rings is 1. The second kappa shape index (κ2) is 8.60. The van der Waals surface area contributed by atoms with Gasteiger partial charge in [-0.2, -0.15) is 0 Å². The number of amides is 2. The highest BCUT2D eigenvalue weighted by atomic mass is 16.6. The standard InChI is InChI=1S/C22H21N5O3/c28-22(24-19-8-6-18(7-9-19)17-4-2-1-3-5-17)26-14-12-25(13-15-26)20-10-11-21(23-16-20)27(29)30/h1-11,16H,12-15H2,(H,24,28). The summed E-state index contributed by atoms with van der Waals surface area (Å²) >= 11 is 0. The van der Waals surface area contributed by atoms with Gasteiger partial charge in [0.05, 0.1) is 5.69 Å². The first-order valence-corrected chi connectivity index (χ1v) is 9.67. The molecule has 3 aromatic rings. The molecule has 0 saturated carbocycles. The Bertz CT molecular complexity index is 1010. The van der Waals surface area contributed by atoms with Crippen molar-refractivity contribution < 1.29 is 9.72 Å². The minimum Gasteiger partial charge on any atom is -0.365 e. The Balaban J connectivity index is 1.31. The summed E-state index contributed by atoms with van der Waals surface area (Å²) in [5.41, 5.74) is 3.80. The van der Waals surface area contributed by atoms with Gasteiger partial charge in [0.1, 0.15) is 0 Å². The van der Waals surface area contributed by atoms with Crippen LogP contribution in [0.25, 0.3) is 11.1 Å². The number of urea groups is 1. The lowest BCUT2D eigenvalue weighted by atomic mass is 10.1. The molecular weight excluding hydrogens is 382 g/mol. The molecule has 2 amide bonds. The SMILES string of the molecule is O=C(Nc1ccc(-c2ccccc2)cc1)N1CCN(c2ccc([N+](=O)[O-])nc2)CC1. The van der Waals surface area contributed by atoms with Crippen molar-refractivity contribution in [1.82, 2.24) is 9.88 Å². The molecule has 0 aliphatic carbocycles. The van der Waals surface area contributed by atoms with Crippen LogP contribution in [0.3, 0.4) is 0 Å². The first-order valence-electron chi connectivity index (χ1n) is 9.67. The van der Waals surface area contributed by atoms with Crippen LogP contribution in [-0.2, 0) is 0 Å². The van der Waals surface area contributed by atoms with E-state index in [0.717, 1.165) is 22.5 Å². The number of carbonyl (C=O) groups excluding carboxylic acids is 1. The number of rotatable bonds is 4. The summed E-state index contributed by atoms with van der Waals surface area (Å²) in [7, 11) is 0. The number of benzene rings is 2. The lowest BCUT2D eigenvalue weighted by Gasteiger charge is -2.35. The highest BCUT2D eigenvalue weighted by molar-refractivity contribution is 5.89. The summed E-state index contributed by atoms with van der Waals surface area (Å²) in [6.07, 6.45) is 1.50. The second-order valence-electron chi connectivity index (χ2n) is 6.98. The smallest absolute Gasteiger partial charge is 0.363 e. The molecule has 0 spiro atoms. The van der Waals surface area contributed by atoms with Crippen molar-refractivity contribution in [2.24, 2.45) is 0 Å². The van der Waals surface area contributed by atoms with Crippen molar-refractivity contribution in [2.75, 3.05) is 36.4 Å². The molecule has 0 bridgehead atoms. The maximum atomic E-state index is 12.6. The lowest BCUT2D eigenvalue weighted by Crippen LogP contribution is -2.50. The molecular formula is C22H21N5O3. The predicted molar refractivity (Wildman–Crippen MR) is 116 cm³/mol. The molecule has 8 nitrogen and oxygen atoms in total. The van der Waals surface area contributed by atoms with Gasteiger partial charge in [-0.15, -0.1) is 0 Å². The molecule has 2 aromatic carbocycles. The van der Waals surface area contributed by atoms with E-state index < -0.39 is 4.92 Å². The second-order valence-corrected chi connectivity index (χ2v) is 6.98. The quantitative estimate of drug-likeness (QED) is 0.525. The molecule has 1 fully saturated rings. The minimum absolute atomic E-state index is 0.135. The molecule has 30 heavy (non-hydrogen) atoms. The van der Waals surface area contributed by atoms with E-state index in [0.29, 0.717) is 26.2 Å². The van der Waals surface area contributed by atoms with Crippen molar-refractivity contribution in [2.45, 2.75) is 0 Å². The van der Waals surface area contributed by atoms with Gasteiger partial charge >= 0.3 is 11.8 Å². The topological polar surface area (TPSA) is 91.6 Å². The maximum Gasteiger partial charge on any atom is 0.363 e. The number of nitro groups is 1. The Hall–Kier alpha value is -3.94. The zero-order valence-corrected chi connectivity index (χ0v) is 16.3. The van der Waals surface area contributed by atoms with E-state index >= 15 is 0 Å². The zero-order valence-electron chi connectivity index (χ0n) is 16.3. The number of nitrogens with zero attached hydrogens (tertiary/aromatic N) is 4. The van der Waals surface area contributed by atoms with Gasteiger partial charge in [-0.3, -0.25) is 0 Å². The third-order valence-electron chi connectivity index (χ3n) is 5.09. The van der Waals surface area contributed by atoms with Gasteiger partial charge in [-0.1, -0.05) is 42.5 Å². The molecule has 1 saturated heterocycles. The normalized spacial score (nSPS) is 13.7. The molecule has 1 aliphatic rings. The number of aromatic nitrogens is 1. The number of nitrogens with one attached hydrogen (secondary N) is 1. The fraction of sp³-hybridized carbons (Fsp3) is 0.182. The maximum absolute atomic E-state index is 12.6. The van der Waals surface area contributed by atoms with Crippen LogP contribution in [0.4, 0.5) is 22.0 Å². The summed E-state index contributed by atoms with van der Waals surface area (Å²) in [4.78, 5) is 30.5. The van der Waals surface area contributed by atoms with Crippen molar-refractivity contribution in [3.63, 3.8) is 0 Å². The Morgan fingerprint density at radius 3 is 2.17 bits per heavy atom. The van der Waals surface area contributed by atoms with Crippen molar-refractivity contribution in [3.05, 3.63) is 83.0 Å². The molecule has 0 atom stereocenters. The molecule has 2 heterocycles. The van der Waals surface area contributed by atoms with Crippen molar-refractivity contribution >= 4 is 23.2 Å². The van der Waals surface area contributed by atoms with E-state index in [4.69, 9.17) is 0 Å². The Morgan fingerprint density at radius 2 is 1.57 bits per heavy atom. The fourth-order valence-corrected chi connectivity index (χ4v) is 3.42. The third-order valence-corrected chi connectivity index (χ3v) is 5.09. The average Bonchev–Trinajstić information content (AvgIpc) is 2.80. The first kappa shape index (κ1) is 19.4. The van der Waals surface area contributed by atoms with Crippen LogP contribution >= 0.6 is 0 Å². The highest BCUT2D eigenvalue weighted by Gasteiger charge is 2.22. The predicted octanol–water partition coefficient (Wildman–Crippen LogP) is 4.01. The summed E-state index contributed by atoms with van der Waals surface area (Å²) < 4.78 is 0. The van der Waals surface area contributed by atoms with Crippen molar-refractivity contribution in [1.29, 1.82) is 0 Å². The van der Waals surface area contributed by atoms with Crippen LogP contribution in [0.15, 0.2) is 72.9 Å². The monoisotopic (exact) mass is 403 g/mol. The van der Waals surface area contributed by atoms with Crippen LogP contribution in [0, 0.1) is 10.1 Å². The largest absolute Gasteiger partial charge is 0.365 e. The molecule has 0 radical (unpaired) electrons. The van der Waals surface area contributed by atoms with Crippen LogP contribution < -0.4 is 10.2 Å². The van der Waals surface area contributed by atoms with E-state index in [1.807, 2.05) is 54.6 Å². The average molecular weight is 403 g/mol. The highest BCUT2D eigenvalue weighted by Crippen LogP contribution is 2.22. The lowest BCUT2D eigenvalue weighted by molar-refractivity contribution is -0.389. The Morgan fingerprint density at radius 1 is 0.900 bits per heavy atom. The van der Waals surface area contributed by atoms with E-state index in [1.165, 1.54) is 12.3 Å². The summed E-state index contributed by atoms with van der Waals surface area (Å²) in [5, 5.41) is 13.7. The number of hydrogen-bond acceptors (Lipinski definition) is 5. The summed E-state index contributed by atoms with van der Waals surface area (Å²) in [6.45, 7) is 2.40. The molecule has 1 aliphatic heterocycles. The number of carbonyl (C=O) groups is 1. The van der Waals surface area contributed by atoms with Crippen LogP contribution in [0.2, 0.25) is 0 Å². The number of anilines is 2. The minimum atomic E-state index is -0.515. The zero-order chi connectivity index (χ0) is 20.9. The first-order chi connectivity index (χ1) is 14.6. The van der Waals surface area contributed by atoms with Crippen molar-refractivity contribution in [3.8, 4) is 11.1 Å². The van der Waals surface area contributed by atoms with Gasteiger partial charge in [0.15, 0.2) is 6.20 Å². The van der Waals surface area contributed by atoms with Gasteiger partial charge in [0, 0.05) is 37.9 Å². The van der Waals surface area contributed by atoms with E-state index in [9.17, 15) is 14.9 Å². The van der Waals surface area contributed by atoms with E-state index in [1.54, 1.807) is 11.0 Å². The Kier molecular flexibility index (Phi) is 5.56. The molecule has 1 aromatic heterocycles. The molecule has 4 rings (SSSR count). The third kappa shape index (κ3) is 4.38. The van der Waals surface area contributed by atoms with Gasteiger partial charge < -0.3 is 25.2 Å². The molecule has 152 valence electrons. The summed E-state index contributed by atoms with van der Waals surface area (Å²) in [5.74, 6) is -0.171. The Labute approximate surface area is 173 Å². The van der Waals surface area contributed by atoms with Gasteiger partial charge in [0.2, 0.25) is 0 Å².